The Morgan fingerprint density at radius 1 is 1.26 bits per heavy atom. The Kier molecular flexibility index (Phi) is 5.25. The molecule has 2 aromatic rings. The van der Waals surface area contributed by atoms with E-state index in [9.17, 15) is 13.2 Å². The van der Waals surface area contributed by atoms with Gasteiger partial charge in [0.05, 0.1) is 4.90 Å². The molecule has 0 fully saturated rings. The summed E-state index contributed by atoms with van der Waals surface area (Å²) in [5, 5.41) is 8.18. The van der Waals surface area contributed by atoms with Gasteiger partial charge in [0.2, 0.25) is 10.0 Å². The Hall–Kier alpha value is -2.09. The molecule has 0 saturated carbocycles. The highest BCUT2D eigenvalue weighted by Gasteiger charge is 2.13. The Morgan fingerprint density at radius 2 is 2.00 bits per heavy atom. The van der Waals surface area contributed by atoms with Crippen LogP contribution in [0.2, 0.25) is 5.02 Å². The predicted molar refractivity (Wildman–Crippen MR) is 88.1 cm³/mol. The van der Waals surface area contributed by atoms with E-state index < -0.39 is 15.9 Å². The van der Waals surface area contributed by atoms with Crippen LogP contribution < -0.4 is 15.2 Å². The number of carbonyl (C=O) groups excluding carboxylic acids is 1. The fourth-order valence-electron chi connectivity index (χ4n) is 1.89. The monoisotopic (exact) mass is 354 g/mol. The van der Waals surface area contributed by atoms with Gasteiger partial charge in [-0.05, 0) is 42.8 Å². The van der Waals surface area contributed by atoms with Gasteiger partial charge in [0.1, 0.15) is 5.75 Å². The normalized spacial score (nSPS) is 11.1. The highest BCUT2D eigenvalue weighted by atomic mass is 35.5. The van der Waals surface area contributed by atoms with Crippen molar-refractivity contribution in [3.63, 3.8) is 0 Å². The summed E-state index contributed by atoms with van der Waals surface area (Å²) in [7, 11) is -3.85. The van der Waals surface area contributed by atoms with Crippen molar-refractivity contribution >= 4 is 33.2 Å². The van der Waals surface area contributed by atoms with Crippen molar-refractivity contribution in [1.82, 2.24) is 0 Å². The van der Waals surface area contributed by atoms with Crippen LogP contribution in [0.25, 0.3) is 0 Å². The lowest BCUT2D eigenvalue weighted by molar-refractivity contribution is -0.118. The summed E-state index contributed by atoms with van der Waals surface area (Å²) in [6.45, 7) is 1.38. The van der Waals surface area contributed by atoms with Crippen LogP contribution in [0, 0.1) is 6.92 Å². The van der Waals surface area contributed by atoms with Crippen LogP contribution in [0.5, 0.6) is 5.75 Å². The molecule has 0 bridgehead atoms. The summed E-state index contributed by atoms with van der Waals surface area (Å²) < 4.78 is 28.2. The van der Waals surface area contributed by atoms with E-state index >= 15 is 0 Å². The van der Waals surface area contributed by atoms with Crippen molar-refractivity contribution in [2.24, 2.45) is 5.14 Å². The molecule has 1 amide bonds. The average Bonchev–Trinajstić information content (AvgIpc) is 2.46. The summed E-state index contributed by atoms with van der Waals surface area (Å²) in [5.74, 6) is 0.0241. The number of rotatable bonds is 5. The molecule has 2 rings (SSSR count). The number of anilines is 1. The highest BCUT2D eigenvalue weighted by molar-refractivity contribution is 7.89. The number of hydrogen-bond donors (Lipinski definition) is 2. The highest BCUT2D eigenvalue weighted by Crippen LogP contribution is 2.19. The van der Waals surface area contributed by atoms with Crippen LogP contribution in [0.15, 0.2) is 47.4 Å². The number of nitrogens with one attached hydrogen (secondary N) is 1. The molecule has 0 radical (unpaired) electrons. The van der Waals surface area contributed by atoms with E-state index in [1.807, 2.05) is 0 Å². The zero-order chi connectivity index (χ0) is 17.0. The van der Waals surface area contributed by atoms with E-state index in [0.717, 1.165) is 0 Å². The van der Waals surface area contributed by atoms with Gasteiger partial charge < -0.3 is 10.1 Å². The molecular weight excluding hydrogens is 340 g/mol. The molecule has 0 aliphatic heterocycles. The van der Waals surface area contributed by atoms with E-state index in [2.05, 4.69) is 5.32 Å². The molecule has 8 heteroatoms. The van der Waals surface area contributed by atoms with Crippen molar-refractivity contribution in [3.05, 3.63) is 53.1 Å². The van der Waals surface area contributed by atoms with Gasteiger partial charge in [0, 0.05) is 10.7 Å². The molecule has 122 valence electrons. The van der Waals surface area contributed by atoms with Gasteiger partial charge in [-0.1, -0.05) is 23.7 Å². The van der Waals surface area contributed by atoms with E-state index in [1.54, 1.807) is 43.3 Å². The lowest BCUT2D eigenvalue weighted by atomic mass is 10.2. The number of halogens is 1. The summed E-state index contributed by atoms with van der Waals surface area (Å²) in [5.41, 5.74) is 0.819. The standard InChI is InChI=1S/C15H15ClN2O4S/c1-10-5-6-12(8-14(10)23(17,20)21)18-15(19)9-22-13-4-2-3-11(16)7-13/h2-8H,9H2,1H3,(H,18,19)(H2,17,20,21). The van der Waals surface area contributed by atoms with Crippen molar-refractivity contribution in [1.29, 1.82) is 0 Å². The lowest BCUT2D eigenvalue weighted by Gasteiger charge is -2.10. The molecule has 0 spiro atoms. The zero-order valence-corrected chi connectivity index (χ0v) is 13.8. The maximum Gasteiger partial charge on any atom is 0.262 e. The molecule has 0 aromatic heterocycles. The molecule has 23 heavy (non-hydrogen) atoms. The summed E-state index contributed by atoms with van der Waals surface area (Å²) in [6.07, 6.45) is 0. The van der Waals surface area contributed by atoms with Gasteiger partial charge in [-0.15, -0.1) is 0 Å². The number of carbonyl (C=O) groups is 1. The first-order valence-electron chi connectivity index (χ1n) is 6.57. The SMILES string of the molecule is Cc1ccc(NC(=O)COc2cccc(Cl)c2)cc1S(N)(=O)=O. The number of nitrogens with two attached hydrogens (primary N) is 1. The first-order chi connectivity index (χ1) is 10.8. The zero-order valence-electron chi connectivity index (χ0n) is 12.2. The minimum Gasteiger partial charge on any atom is -0.484 e. The molecule has 0 saturated heterocycles. The second-order valence-corrected chi connectivity index (χ2v) is 6.79. The largest absolute Gasteiger partial charge is 0.484 e. The van der Waals surface area contributed by atoms with Crippen molar-refractivity contribution in [2.45, 2.75) is 11.8 Å². The van der Waals surface area contributed by atoms with Gasteiger partial charge in [0.25, 0.3) is 5.91 Å². The Balaban J connectivity index is 2.03. The van der Waals surface area contributed by atoms with E-state index in [0.29, 0.717) is 22.0 Å². The third-order valence-corrected chi connectivity index (χ3v) is 4.23. The lowest BCUT2D eigenvalue weighted by Crippen LogP contribution is -2.21. The second kappa shape index (κ2) is 6.99. The van der Waals surface area contributed by atoms with E-state index in [-0.39, 0.29) is 11.5 Å². The fraction of sp³-hybridized carbons (Fsp3) is 0.133. The number of hydrogen-bond acceptors (Lipinski definition) is 4. The number of aryl methyl sites for hydroxylation is 1. The summed E-state index contributed by atoms with van der Waals surface area (Å²) in [4.78, 5) is 11.8. The Morgan fingerprint density at radius 3 is 2.65 bits per heavy atom. The summed E-state index contributed by atoms with van der Waals surface area (Å²) >= 11 is 5.82. The molecule has 0 heterocycles. The van der Waals surface area contributed by atoms with Crippen LogP contribution >= 0.6 is 11.6 Å². The third kappa shape index (κ3) is 4.95. The van der Waals surface area contributed by atoms with Gasteiger partial charge in [-0.2, -0.15) is 0 Å². The first kappa shape index (κ1) is 17.3. The Bertz CT molecular complexity index is 837. The minimum atomic E-state index is -3.85. The van der Waals surface area contributed by atoms with E-state index in [4.69, 9.17) is 21.5 Å². The number of primary sulfonamides is 1. The summed E-state index contributed by atoms with van der Waals surface area (Å²) in [6, 6.07) is 11.1. The fourth-order valence-corrected chi connectivity index (χ4v) is 2.88. The number of amides is 1. The number of ether oxygens (including phenoxy) is 1. The maximum atomic E-state index is 11.9. The smallest absolute Gasteiger partial charge is 0.262 e. The Labute approximate surface area is 139 Å². The van der Waals surface area contributed by atoms with Crippen LogP contribution in [0.1, 0.15) is 5.56 Å². The third-order valence-electron chi connectivity index (χ3n) is 2.94. The van der Waals surface area contributed by atoms with Crippen molar-refractivity contribution in [2.75, 3.05) is 11.9 Å². The molecule has 2 aromatic carbocycles. The van der Waals surface area contributed by atoms with Gasteiger partial charge in [0.15, 0.2) is 6.61 Å². The topological polar surface area (TPSA) is 98.5 Å². The van der Waals surface area contributed by atoms with Gasteiger partial charge in [-0.25, -0.2) is 13.6 Å². The number of benzene rings is 2. The molecule has 3 N–H and O–H groups in total. The maximum absolute atomic E-state index is 11.9. The minimum absolute atomic E-state index is 0.0361. The molecule has 0 unspecified atom stereocenters. The van der Waals surface area contributed by atoms with E-state index in [1.165, 1.54) is 6.07 Å². The van der Waals surface area contributed by atoms with Crippen molar-refractivity contribution < 1.29 is 17.9 Å². The van der Waals surface area contributed by atoms with Gasteiger partial charge in [-0.3, -0.25) is 4.79 Å². The molecule has 0 aliphatic rings. The first-order valence-corrected chi connectivity index (χ1v) is 8.50. The molecule has 0 aliphatic carbocycles. The van der Waals surface area contributed by atoms with Crippen LogP contribution in [-0.4, -0.2) is 20.9 Å². The molecular formula is C15H15ClN2O4S. The van der Waals surface area contributed by atoms with Crippen LogP contribution in [0.3, 0.4) is 0 Å². The van der Waals surface area contributed by atoms with Crippen LogP contribution in [-0.2, 0) is 14.8 Å². The second-order valence-electron chi connectivity index (χ2n) is 4.82. The number of sulfonamides is 1. The predicted octanol–water partition coefficient (Wildman–Crippen LogP) is 2.31. The van der Waals surface area contributed by atoms with Crippen LogP contribution in [0.4, 0.5) is 5.69 Å². The molecule has 0 atom stereocenters. The van der Waals surface area contributed by atoms with Gasteiger partial charge >= 0.3 is 0 Å². The van der Waals surface area contributed by atoms with Crippen molar-refractivity contribution in [3.8, 4) is 5.75 Å². The quantitative estimate of drug-likeness (QED) is 0.860. The average molecular weight is 355 g/mol. The molecule has 6 nitrogen and oxygen atoms in total.